The van der Waals surface area contributed by atoms with E-state index in [2.05, 4.69) is 5.32 Å². The highest BCUT2D eigenvalue weighted by Crippen LogP contribution is 2.29. The monoisotopic (exact) mass is 460 g/mol. The number of rotatable bonds is 5. The Morgan fingerprint density at radius 2 is 1.71 bits per heavy atom. The second-order valence-corrected chi connectivity index (χ2v) is 9.87. The number of carbonyl (C=O) groups excluding carboxylic acids is 1. The summed E-state index contributed by atoms with van der Waals surface area (Å²) in [7, 11) is -3.66. The predicted molar refractivity (Wildman–Crippen MR) is 113 cm³/mol. The Hall–Kier alpha value is -1.31. The SMILES string of the molecule is O=C(Nc1ccc(Cl)cc1)[C@H]1CCCN(S(=O)(=O)Cc2c(Cl)cccc2Cl)C1. The maximum Gasteiger partial charge on any atom is 0.228 e. The highest BCUT2D eigenvalue weighted by atomic mass is 35.5. The van der Waals surface area contributed by atoms with E-state index in [0.717, 1.165) is 0 Å². The Balaban J connectivity index is 1.69. The molecule has 3 rings (SSSR count). The van der Waals surface area contributed by atoms with Crippen LogP contribution in [0.15, 0.2) is 42.5 Å². The second-order valence-electron chi connectivity index (χ2n) is 6.65. The number of nitrogens with one attached hydrogen (secondary N) is 1. The van der Waals surface area contributed by atoms with Crippen molar-refractivity contribution in [1.29, 1.82) is 0 Å². The van der Waals surface area contributed by atoms with E-state index < -0.39 is 15.9 Å². The maximum absolute atomic E-state index is 12.9. The third-order valence-electron chi connectivity index (χ3n) is 4.65. The molecule has 0 unspecified atom stereocenters. The first-order valence-corrected chi connectivity index (χ1v) is 11.5. The minimum absolute atomic E-state index is 0.129. The van der Waals surface area contributed by atoms with Gasteiger partial charge in [-0.05, 0) is 49.2 Å². The number of carbonyl (C=O) groups is 1. The fourth-order valence-corrected chi connectivity index (χ4v) is 5.62. The molecule has 2 aromatic carbocycles. The molecule has 1 heterocycles. The van der Waals surface area contributed by atoms with Crippen LogP contribution in [0.4, 0.5) is 5.69 Å². The van der Waals surface area contributed by atoms with Gasteiger partial charge in [0.05, 0.1) is 11.7 Å². The minimum Gasteiger partial charge on any atom is -0.326 e. The van der Waals surface area contributed by atoms with E-state index in [4.69, 9.17) is 34.8 Å². The van der Waals surface area contributed by atoms with Gasteiger partial charge in [0.25, 0.3) is 0 Å². The zero-order valence-corrected chi connectivity index (χ0v) is 18.0. The quantitative estimate of drug-likeness (QED) is 0.693. The normalized spacial score (nSPS) is 18.0. The average Bonchev–Trinajstić information content (AvgIpc) is 2.67. The molecular formula is C19H19Cl3N2O3S. The number of sulfonamides is 1. The van der Waals surface area contributed by atoms with Crippen LogP contribution in [-0.4, -0.2) is 31.7 Å². The number of anilines is 1. The average molecular weight is 462 g/mol. The molecule has 150 valence electrons. The van der Waals surface area contributed by atoms with Crippen molar-refractivity contribution in [2.24, 2.45) is 5.92 Å². The van der Waals surface area contributed by atoms with E-state index in [1.54, 1.807) is 42.5 Å². The summed E-state index contributed by atoms with van der Waals surface area (Å²) >= 11 is 18.1. The molecule has 5 nitrogen and oxygen atoms in total. The largest absolute Gasteiger partial charge is 0.326 e. The van der Waals surface area contributed by atoms with E-state index in [-0.39, 0.29) is 18.2 Å². The van der Waals surface area contributed by atoms with Crippen molar-refractivity contribution in [3.63, 3.8) is 0 Å². The van der Waals surface area contributed by atoms with Crippen molar-refractivity contribution in [3.05, 3.63) is 63.1 Å². The number of hydrogen-bond donors (Lipinski definition) is 1. The first-order valence-electron chi connectivity index (χ1n) is 8.73. The highest BCUT2D eigenvalue weighted by Gasteiger charge is 2.33. The van der Waals surface area contributed by atoms with Crippen LogP contribution in [0.3, 0.4) is 0 Å². The summed E-state index contributed by atoms with van der Waals surface area (Å²) in [4.78, 5) is 12.6. The summed E-state index contributed by atoms with van der Waals surface area (Å²) < 4.78 is 27.1. The molecule has 0 radical (unpaired) electrons. The Kier molecular flexibility index (Phi) is 6.89. The Morgan fingerprint density at radius 1 is 1.07 bits per heavy atom. The maximum atomic E-state index is 12.9. The molecule has 0 bridgehead atoms. The van der Waals surface area contributed by atoms with Gasteiger partial charge in [-0.15, -0.1) is 0 Å². The summed E-state index contributed by atoms with van der Waals surface area (Å²) in [5, 5.41) is 4.01. The van der Waals surface area contributed by atoms with Crippen LogP contribution in [0.1, 0.15) is 18.4 Å². The number of nitrogens with zero attached hydrogens (tertiary/aromatic N) is 1. The third-order valence-corrected chi connectivity index (χ3v) is 7.38. The lowest BCUT2D eigenvalue weighted by Crippen LogP contribution is -2.44. The van der Waals surface area contributed by atoms with Crippen LogP contribution in [0.5, 0.6) is 0 Å². The minimum atomic E-state index is -3.66. The first kappa shape index (κ1) is 21.4. The van der Waals surface area contributed by atoms with Crippen molar-refractivity contribution in [3.8, 4) is 0 Å². The molecule has 1 atom stereocenters. The Bertz CT molecular complexity index is 945. The predicted octanol–water partition coefficient (Wildman–Crippen LogP) is 4.83. The molecule has 1 aliphatic heterocycles. The molecule has 0 aliphatic carbocycles. The van der Waals surface area contributed by atoms with Crippen LogP contribution in [0.25, 0.3) is 0 Å². The zero-order chi connectivity index (χ0) is 20.3. The first-order chi connectivity index (χ1) is 13.3. The second kappa shape index (κ2) is 9.01. The summed E-state index contributed by atoms with van der Waals surface area (Å²) in [5.74, 6) is -0.935. The van der Waals surface area contributed by atoms with Crippen LogP contribution in [0.2, 0.25) is 15.1 Å². The molecule has 1 amide bonds. The smallest absolute Gasteiger partial charge is 0.228 e. The number of halogens is 3. The number of piperidine rings is 1. The van der Waals surface area contributed by atoms with Gasteiger partial charge in [0, 0.05) is 39.4 Å². The van der Waals surface area contributed by atoms with E-state index in [0.29, 0.717) is 45.7 Å². The van der Waals surface area contributed by atoms with Crippen molar-refractivity contribution in [2.75, 3.05) is 18.4 Å². The summed E-state index contributed by atoms with van der Waals surface area (Å²) in [6.45, 7) is 0.499. The molecule has 1 saturated heterocycles. The summed E-state index contributed by atoms with van der Waals surface area (Å²) in [6, 6.07) is 11.7. The van der Waals surface area contributed by atoms with Gasteiger partial charge in [0.1, 0.15) is 0 Å². The summed E-state index contributed by atoms with van der Waals surface area (Å²) in [5.41, 5.74) is 0.996. The number of hydrogen-bond acceptors (Lipinski definition) is 3. The molecule has 0 saturated carbocycles. The van der Waals surface area contributed by atoms with E-state index in [1.807, 2.05) is 0 Å². The van der Waals surface area contributed by atoms with Crippen LogP contribution >= 0.6 is 34.8 Å². The topological polar surface area (TPSA) is 66.5 Å². The molecule has 28 heavy (non-hydrogen) atoms. The number of benzene rings is 2. The van der Waals surface area contributed by atoms with Gasteiger partial charge in [-0.3, -0.25) is 4.79 Å². The van der Waals surface area contributed by atoms with Gasteiger partial charge in [-0.1, -0.05) is 40.9 Å². The lowest BCUT2D eigenvalue weighted by atomic mass is 9.99. The van der Waals surface area contributed by atoms with Gasteiger partial charge >= 0.3 is 0 Å². The lowest BCUT2D eigenvalue weighted by Gasteiger charge is -2.31. The van der Waals surface area contributed by atoms with Crippen LogP contribution < -0.4 is 5.32 Å². The molecule has 1 fully saturated rings. The third kappa shape index (κ3) is 5.19. The van der Waals surface area contributed by atoms with Crippen LogP contribution in [0, 0.1) is 5.92 Å². The molecular weight excluding hydrogens is 443 g/mol. The van der Waals surface area contributed by atoms with Crippen molar-refractivity contribution >= 4 is 56.4 Å². The molecule has 0 aromatic heterocycles. The fourth-order valence-electron chi connectivity index (χ4n) is 3.13. The van der Waals surface area contributed by atoms with E-state index >= 15 is 0 Å². The van der Waals surface area contributed by atoms with Crippen LogP contribution in [-0.2, 0) is 20.6 Å². The zero-order valence-electron chi connectivity index (χ0n) is 14.9. The van der Waals surface area contributed by atoms with Gasteiger partial charge in [0.2, 0.25) is 15.9 Å². The van der Waals surface area contributed by atoms with E-state index in [9.17, 15) is 13.2 Å². The standard InChI is InChI=1S/C19H19Cl3N2O3S/c20-14-6-8-15(9-7-14)23-19(25)13-3-2-10-24(11-13)28(26,27)12-16-17(21)4-1-5-18(16)22/h1,4-9,13H,2-3,10-12H2,(H,23,25)/t13-/m0/s1. The van der Waals surface area contributed by atoms with Gasteiger partial charge in [-0.25, -0.2) is 12.7 Å². The van der Waals surface area contributed by atoms with E-state index in [1.165, 1.54) is 4.31 Å². The molecule has 1 aliphatic rings. The highest BCUT2D eigenvalue weighted by molar-refractivity contribution is 7.88. The van der Waals surface area contributed by atoms with Crippen molar-refractivity contribution < 1.29 is 13.2 Å². The molecule has 9 heteroatoms. The molecule has 1 N–H and O–H groups in total. The Morgan fingerprint density at radius 3 is 2.36 bits per heavy atom. The Labute approximate surface area is 179 Å². The number of amides is 1. The molecule has 2 aromatic rings. The fraction of sp³-hybridized carbons (Fsp3) is 0.316. The molecule has 0 spiro atoms. The van der Waals surface area contributed by atoms with Crippen molar-refractivity contribution in [1.82, 2.24) is 4.31 Å². The van der Waals surface area contributed by atoms with Gasteiger partial charge in [-0.2, -0.15) is 0 Å². The lowest BCUT2D eigenvalue weighted by molar-refractivity contribution is -0.120. The summed E-state index contributed by atoms with van der Waals surface area (Å²) in [6.07, 6.45) is 1.23. The van der Waals surface area contributed by atoms with Gasteiger partial charge < -0.3 is 5.32 Å². The van der Waals surface area contributed by atoms with Gasteiger partial charge in [0.15, 0.2) is 0 Å². The van der Waals surface area contributed by atoms with Crippen molar-refractivity contribution in [2.45, 2.75) is 18.6 Å².